The standard InChI is InChI=1S/C14H16N4O/c1-2-13-16-5-6-18(13)12-7-9-3-4-14(19)17-11(9)8-10(12)15/h5-8H,2-4,15H2,1H3,(H,17,19). The topological polar surface area (TPSA) is 72.9 Å². The van der Waals surface area contributed by atoms with E-state index in [2.05, 4.69) is 17.2 Å². The van der Waals surface area contributed by atoms with Crippen molar-refractivity contribution in [3.05, 3.63) is 35.9 Å². The summed E-state index contributed by atoms with van der Waals surface area (Å²) in [6.45, 7) is 2.06. The highest BCUT2D eigenvalue weighted by Crippen LogP contribution is 2.30. The highest BCUT2D eigenvalue weighted by Gasteiger charge is 2.17. The van der Waals surface area contributed by atoms with E-state index in [9.17, 15) is 4.79 Å². The zero-order valence-corrected chi connectivity index (χ0v) is 10.8. The van der Waals surface area contributed by atoms with Gasteiger partial charge in [0, 0.05) is 30.9 Å². The largest absolute Gasteiger partial charge is 0.397 e. The smallest absolute Gasteiger partial charge is 0.224 e. The molecule has 5 nitrogen and oxygen atoms in total. The van der Waals surface area contributed by atoms with Gasteiger partial charge in [0.25, 0.3) is 0 Å². The monoisotopic (exact) mass is 256 g/mol. The normalized spacial score (nSPS) is 14.1. The fourth-order valence-electron chi connectivity index (χ4n) is 2.46. The molecule has 0 fully saturated rings. The van der Waals surface area contributed by atoms with Crippen molar-refractivity contribution in [2.24, 2.45) is 0 Å². The van der Waals surface area contributed by atoms with Crippen molar-refractivity contribution >= 4 is 17.3 Å². The number of nitrogens with zero attached hydrogens (tertiary/aromatic N) is 2. The number of nitrogen functional groups attached to an aromatic ring is 1. The number of amides is 1. The summed E-state index contributed by atoms with van der Waals surface area (Å²) in [5.74, 6) is 1.03. The summed E-state index contributed by atoms with van der Waals surface area (Å²) < 4.78 is 2.01. The Labute approximate surface area is 111 Å². The van der Waals surface area contributed by atoms with E-state index in [-0.39, 0.29) is 5.91 Å². The van der Waals surface area contributed by atoms with Gasteiger partial charge in [-0.2, -0.15) is 0 Å². The van der Waals surface area contributed by atoms with Gasteiger partial charge in [-0.15, -0.1) is 0 Å². The third-order valence-corrected chi connectivity index (χ3v) is 3.44. The lowest BCUT2D eigenvalue weighted by molar-refractivity contribution is -0.116. The number of anilines is 2. The van der Waals surface area contributed by atoms with Crippen LogP contribution in [0.25, 0.3) is 5.69 Å². The molecule has 2 heterocycles. The van der Waals surface area contributed by atoms with E-state index in [0.29, 0.717) is 12.1 Å². The highest BCUT2D eigenvalue weighted by atomic mass is 16.1. The highest BCUT2D eigenvalue weighted by molar-refractivity contribution is 5.95. The van der Waals surface area contributed by atoms with E-state index in [1.807, 2.05) is 22.9 Å². The second-order valence-electron chi connectivity index (χ2n) is 4.68. The van der Waals surface area contributed by atoms with Crippen molar-refractivity contribution in [2.45, 2.75) is 26.2 Å². The molecule has 1 aromatic heterocycles. The Kier molecular flexibility index (Phi) is 2.74. The fourth-order valence-corrected chi connectivity index (χ4v) is 2.46. The molecule has 0 saturated carbocycles. The van der Waals surface area contributed by atoms with Crippen LogP contribution in [0.3, 0.4) is 0 Å². The van der Waals surface area contributed by atoms with E-state index in [0.717, 1.165) is 35.6 Å². The Morgan fingerprint density at radius 2 is 2.26 bits per heavy atom. The van der Waals surface area contributed by atoms with Gasteiger partial charge in [0.2, 0.25) is 5.91 Å². The van der Waals surface area contributed by atoms with E-state index in [4.69, 9.17) is 5.73 Å². The van der Waals surface area contributed by atoms with Crippen LogP contribution >= 0.6 is 0 Å². The number of aryl methyl sites for hydroxylation is 2. The van der Waals surface area contributed by atoms with Crippen LogP contribution in [-0.2, 0) is 17.6 Å². The summed E-state index contributed by atoms with van der Waals surface area (Å²) in [5, 5.41) is 2.86. The summed E-state index contributed by atoms with van der Waals surface area (Å²) in [4.78, 5) is 15.7. The van der Waals surface area contributed by atoms with Crippen molar-refractivity contribution in [1.29, 1.82) is 0 Å². The van der Waals surface area contributed by atoms with Crippen LogP contribution < -0.4 is 11.1 Å². The fraction of sp³-hybridized carbons (Fsp3) is 0.286. The van der Waals surface area contributed by atoms with Crippen LogP contribution in [0, 0.1) is 0 Å². The first-order valence-corrected chi connectivity index (χ1v) is 6.44. The molecule has 19 heavy (non-hydrogen) atoms. The SMILES string of the molecule is CCc1nccn1-c1cc2c(cc1N)NC(=O)CC2. The molecule has 0 atom stereocenters. The first kappa shape index (κ1) is 11.8. The zero-order chi connectivity index (χ0) is 13.4. The molecule has 0 saturated heterocycles. The lowest BCUT2D eigenvalue weighted by Crippen LogP contribution is -2.19. The van der Waals surface area contributed by atoms with Crippen molar-refractivity contribution in [2.75, 3.05) is 11.1 Å². The molecule has 3 N–H and O–H groups in total. The lowest BCUT2D eigenvalue weighted by atomic mass is 10.0. The number of carbonyl (C=O) groups excluding carboxylic acids is 1. The van der Waals surface area contributed by atoms with Gasteiger partial charge in [0.15, 0.2) is 0 Å². The first-order valence-electron chi connectivity index (χ1n) is 6.44. The Hall–Kier alpha value is -2.30. The molecule has 1 amide bonds. The number of carbonyl (C=O) groups is 1. The summed E-state index contributed by atoms with van der Waals surface area (Å²) in [6, 6.07) is 3.88. The van der Waals surface area contributed by atoms with Gasteiger partial charge in [0.1, 0.15) is 5.82 Å². The second kappa shape index (κ2) is 4.42. The molecule has 1 aliphatic rings. The van der Waals surface area contributed by atoms with Gasteiger partial charge in [-0.05, 0) is 24.1 Å². The van der Waals surface area contributed by atoms with Crippen molar-refractivity contribution in [3.8, 4) is 5.69 Å². The van der Waals surface area contributed by atoms with E-state index in [1.54, 1.807) is 6.20 Å². The van der Waals surface area contributed by atoms with Gasteiger partial charge >= 0.3 is 0 Å². The van der Waals surface area contributed by atoms with E-state index >= 15 is 0 Å². The molecule has 0 spiro atoms. The molecule has 0 aliphatic carbocycles. The molecule has 0 bridgehead atoms. The Morgan fingerprint density at radius 3 is 3.05 bits per heavy atom. The number of nitrogens with one attached hydrogen (secondary N) is 1. The van der Waals surface area contributed by atoms with Gasteiger partial charge in [-0.25, -0.2) is 4.98 Å². The number of hydrogen-bond acceptors (Lipinski definition) is 3. The Bertz CT molecular complexity index is 645. The van der Waals surface area contributed by atoms with Gasteiger partial charge in [-0.3, -0.25) is 4.79 Å². The minimum absolute atomic E-state index is 0.0523. The summed E-state index contributed by atoms with van der Waals surface area (Å²) in [6.07, 6.45) is 5.82. The average Bonchev–Trinajstić information content (AvgIpc) is 2.86. The number of fused-ring (bicyclic) bond motifs is 1. The predicted molar refractivity (Wildman–Crippen MR) is 74.3 cm³/mol. The summed E-state index contributed by atoms with van der Waals surface area (Å²) >= 11 is 0. The molecule has 1 aliphatic heterocycles. The van der Waals surface area contributed by atoms with Crippen LogP contribution in [0.5, 0.6) is 0 Å². The molecule has 0 radical (unpaired) electrons. The van der Waals surface area contributed by atoms with E-state index < -0.39 is 0 Å². The van der Waals surface area contributed by atoms with Crippen molar-refractivity contribution in [1.82, 2.24) is 9.55 Å². The molecule has 5 heteroatoms. The number of nitrogens with two attached hydrogens (primary N) is 1. The summed E-state index contributed by atoms with van der Waals surface area (Å²) in [5.41, 5.74) is 9.64. The van der Waals surface area contributed by atoms with Crippen molar-refractivity contribution in [3.63, 3.8) is 0 Å². The third kappa shape index (κ3) is 1.97. The Balaban J connectivity index is 2.11. The number of aromatic nitrogens is 2. The minimum Gasteiger partial charge on any atom is -0.397 e. The summed E-state index contributed by atoms with van der Waals surface area (Å²) in [7, 11) is 0. The van der Waals surface area contributed by atoms with Crippen molar-refractivity contribution < 1.29 is 4.79 Å². The van der Waals surface area contributed by atoms with Gasteiger partial charge < -0.3 is 15.6 Å². The predicted octanol–water partition coefficient (Wildman–Crippen LogP) is 1.90. The maximum absolute atomic E-state index is 11.4. The number of rotatable bonds is 2. The number of imidazole rings is 1. The molecule has 98 valence electrons. The second-order valence-corrected chi connectivity index (χ2v) is 4.68. The van der Waals surface area contributed by atoms with Crippen LogP contribution in [-0.4, -0.2) is 15.5 Å². The molecule has 1 aromatic carbocycles. The third-order valence-electron chi connectivity index (χ3n) is 3.44. The molecule has 3 rings (SSSR count). The molecular weight excluding hydrogens is 240 g/mol. The van der Waals surface area contributed by atoms with Crippen LogP contribution in [0.15, 0.2) is 24.5 Å². The minimum atomic E-state index is 0.0523. The molecule has 0 unspecified atom stereocenters. The number of benzene rings is 1. The van der Waals surface area contributed by atoms with Crippen LogP contribution in [0.2, 0.25) is 0 Å². The van der Waals surface area contributed by atoms with Crippen LogP contribution in [0.4, 0.5) is 11.4 Å². The molecular formula is C14H16N4O. The zero-order valence-electron chi connectivity index (χ0n) is 10.8. The van der Waals surface area contributed by atoms with E-state index in [1.165, 1.54) is 0 Å². The maximum atomic E-state index is 11.4. The lowest BCUT2D eigenvalue weighted by Gasteiger charge is -2.20. The average molecular weight is 256 g/mol. The van der Waals surface area contributed by atoms with Crippen LogP contribution in [0.1, 0.15) is 24.7 Å². The maximum Gasteiger partial charge on any atom is 0.224 e. The van der Waals surface area contributed by atoms with Gasteiger partial charge in [0.05, 0.1) is 11.4 Å². The van der Waals surface area contributed by atoms with Gasteiger partial charge in [-0.1, -0.05) is 6.92 Å². The Morgan fingerprint density at radius 1 is 1.42 bits per heavy atom. The number of hydrogen-bond donors (Lipinski definition) is 2. The first-order chi connectivity index (χ1) is 9.19. The molecule has 2 aromatic rings. The quantitative estimate of drug-likeness (QED) is 0.806.